The zero-order valence-corrected chi connectivity index (χ0v) is 15.0. The summed E-state index contributed by atoms with van der Waals surface area (Å²) in [5.41, 5.74) is 10.0. The van der Waals surface area contributed by atoms with Gasteiger partial charge in [0.2, 0.25) is 5.91 Å². The molecule has 0 bridgehead atoms. The van der Waals surface area contributed by atoms with Crippen molar-refractivity contribution in [1.29, 1.82) is 5.26 Å². The van der Waals surface area contributed by atoms with Gasteiger partial charge in [-0.15, -0.1) is 0 Å². The normalized spacial score (nSPS) is 11.7. The third-order valence-electron chi connectivity index (χ3n) is 4.28. The Kier molecular flexibility index (Phi) is 5.61. The van der Waals surface area contributed by atoms with Crippen LogP contribution in [-0.4, -0.2) is 5.91 Å². The van der Waals surface area contributed by atoms with Crippen molar-refractivity contribution >= 4 is 23.1 Å². The fraction of sp³-hybridized carbons (Fsp3) is 0.200. The van der Waals surface area contributed by atoms with Gasteiger partial charge in [0.1, 0.15) is 5.82 Å². The van der Waals surface area contributed by atoms with Crippen LogP contribution < -0.4 is 5.73 Å². The van der Waals surface area contributed by atoms with Gasteiger partial charge >= 0.3 is 0 Å². The predicted octanol–water partition coefficient (Wildman–Crippen LogP) is 5.00. The Balaban J connectivity index is 2.79. The highest BCUT2D eigenvalue weighted by Crippen LogP contribution is 2.33. The van der Waals surface area contributed by atoms with Gasteiger partial charge in [0.25, 0.3) is 0 Å². The van der Waals surface area contributed by atoms with Gasteiger partial charge in [0, 0.05) is 5.57 Å². The van der Waals surface area contributed by atoms with Crippen LogP contribution in [0.4, 0.5) is 4.39 Å². The Morgan fingerprint density at radius 3 is 2.52 bits per heavy atom. The summed E-state index contributed by atoms with van der Waals surface area (Å²) in [5.74, 6) is -1.01. The Bertz CT molecular complexity index is 926. The summed E-state index contributed by atoms with van der Waals surface area (Å²) >= 11 is 5.76. The van der Waals surface area contributed by atoms with Crippen LogP contribution >= 0.6 is 11.6 Å². The van der Waals surface area contributed by atoms with Crippen LogP contribution in [0.1, 0.15) is 37.0 Å². The average molecular weight is 357 g/mol. The number of hydrogen-bond acceptors (Lipinski definition) is 2. The van der Waals surface area contributed by atoms with Gasteiger partial charge in [-0.05, 0) is 72.4 Å². The number of nitrogens with two attached hydrogens (primary N) is 1. The van der Waals surface area contributed by atoms with E-state index in [0.29, 0.717) is 28.7 Å². The van der Waals surface area contributed by atoms with Gasteiger partial charge in [0.15, 0.2) is 0 Å². The van der Waals surface area contributed by atoms with E-state index in [-0.39, 0.29) is 5.02 Å². The second kappa shape index (κ2) is 7.50. The van der Waals surface area contributed by atoms with Gasteiger partial charge in [-0.2, -0.15) is 5.26 Å². The number of rotatable bonds is 4. The van der Waals surface area contributed by atoms with E-state index in [1.165, 1.54) is 12.1 Å². The molecule has 0 spiro atoms. The maximum atomic E-state index is 13.9. The van der Waals surface area contributed by atoms with Crippen LogP contribution in [-0.2, 0) is 4.79 Å². The van der Waals surface area contributed by atoms with E-state index < -0.39 is 11.7 Å². The molecule has 2 rings (SSSR count). The molecule has 0 unspecified atom stereocenters. The first-order chi connectivity index (χ1) is 11.8. The lowest BCUT2D eigenvalue weighted by atomic mass is 9.88. The minimum atomic E-state index is -0.527. The second-order valence-electron chi connectivity index (χ2n) is 5.76. The molecule has 25 heavy (non-hydrogen) atoms. The van der Waals surface area contributed by atoms with Crippen LogP contribution in [0, 0.1) is 24.1 Å². The molecule has 1 amide bonds. The van der Waals surface area contributed by atoms with Gasteiger partial charge in [-0.3, -0.25) is 4.79 Å². The van der Waals surface area contributed by atoms with E-state index in [0.717, 1.165) is 16.7 Å². The zero-order valence-electron chi connectivity index (χ0n) is 14.3. The van der Waals surface area contributed by atoms with Crippen LogP contribution in [0.25, 0.3) is 16.7 Å². The standard InChI is InChI=1S/C20H18ClFN2O/c1-4-15(20(24)25)11(2)16-7-13(10-23)8-17(12(16)3)14-5-6-18(21)19(22)9-14/h5-9H,4H2,1-3H3,(H2,24,25)/b15-11+. The van der Waals surface area contributed by atoms with Crippen molar-refractivity contribution in [2.75, 3.05) is 0 Å². The third kappa shape index (κ3) is 3.72. The molecule has 0 atom stereocenters. The molecule has 2 N–H and O–H groups in total. The maximum Gasteiger partial charge on any atom is 0.244 e. The molecule has 5 heteroatoms. The molecule has 2 aromatic rings. The molecule has 0 aliphatic heterocycles. The van der Waals surface area contributed by atoms with E-state index in [4.69, 9.17) is 17.3 Å². The Morgan fingerprint density at radius 2 is 2.00 bits per heavy atom. The van der Waals surface area contributed by atoms with E-state index in [9.17, 15) is 14.4 Å². The predicted molar refractivity (Wildman–Crippen MR) is 98.4 cm³/mol. The first kappa shape index (κ1) is 18.7. The SMILES string of the molecule is CC/C(C(N)=O)=C(/C)c1cc(C#N)cc(-c2ccc(Cl)c(F)c2)c1C. The molecule has 0 aliphatic rings. The first-order valence-electron chi connectivity index (χ1n) is 7.80. The van der Waals surface area contributed by atoms with Gasteiger partial charge in [-0.1, -0.05) is 24.6 Å². The summed E-state index contributed by atoms with van der Waals surface area (Å²) in [5, 5.41) is 9.39. The highest BCUT2D eigenvalue weighted by atomic mass is 35.5. The number of halogens is 2. The Labute approximate surface area is 151 Å². The number of nitriles is 1. The van der Waals surface area contributed by atoms with Crippen molar-refractivity contribution in [3.63, 3.8) is 0 Å². The van der Waals surface area contributed by atoms with Crippen molar-refractivity contribution in [3.05, 3.63) is 63.4 Å². The van der Waals surface area contributed by atoms with Gasteiger partial charge in [0.05, 0.1) is 16.7 Å². The monoisotopic (exact) mass is 356 g/mol. The van der Waals surface area contributed by atoms with Gasteiger partial charge < -0.3 is 5.73 Å². The highest BCUT2D eigenvalue weighted by molar-refractivity contribution is 6.30. The van der Waals surface area contributed by atoms with Crippen LogP contribution in [0.2, 0.25) is 5.02 Å². The second-order valence-corrected chi connectivity index (χ2v) is 6.17. The lowest BCUT2D eigenvalue weighted by Crippen LogP contribution is -2.15. The van der Waals surface area contributed by atoms with Crippen molar-refractivity contribution < 1.29 is 9.18 Å². The van der Waals surface area contributed by atoms with E-state index in [1.807, 2.05) is 13.8 Å². The number of carbonyl (C=O) groups excluding carboxylic acids is 1. The molecule has 0 aliphatic carbocycles. The van der Waals surface area contributed by atoms with Crippen LogP contribution in [0.3, 0.4) is 0 Å². The maximum absolute atomic E-state index is 13.9. The summed E-state index contributed by atoms with van der Waals surface area (Å²) in [7, 11) is 0. The quantitative estimate of drug-likeness (QED) is 0.783. The first-order valence-corrected chi connectivity index (χ1v) is 8.18. The molecule has 0 radical (unpaired) electrons. The molecule has 0 saturated carbocycles. The lowest BCUT2D eigenvalue weighted by molar-refractivity contribution is -0.114. The molecule has 0 aromatic heterocycles. The molecular weight excluding hydrogens is 339 g/mol. The fourth-order valence-corrected chi connectivity index (χ4v) is 3.04. The van der Waals surface area contributed by atoms with E-state index in [1.54, 1.807) is 25.1 Å². The fourth-order valence-electron chi connectivity index (χ4n) is 2.92. The molecule has 3 nitrogen and oxygen atoms in total. The third-order valence-corrected chi connectivity index (χ3v) is 4.58. The van der Waals surface area contributed by atoms with Gasteiger partial charge in [-0.25, -0.2) is 4.39 Å². The number of nitrogens with zero attached hydrogens (tertiary/aromatic N) is 1. The summed E-state index contributed by atoms with van der Waals surface area (Å²) < 4.78 is 13.9. The Hall–Kier alpha value is -2.64. The van der Waals surface area contributed by atoms with Crippen molar-refractivity contribution in [2.45, 2.75) is 27.2 Å². The minimum Gasteiger partial charge on any atom is -0.366 e. The number of carbonyl (C=O) groups is 1. The van der Waals surface area contributed by atoms with Crippen molar-refractivity contribution in [2.24, 2.45) is 5.73 Å². The number of primary amides is 1. The molecule has 128 valence electrons. The average Bonchev–Trinajstić information content (AvgIpc) is 2.57. The van der Waals surface area contributed by atoms with Crippen LogP contribution in [0.15, 0.2) is 35.9 Å². The number of hydrogen-bond donors (Lipinski definition) is 1. The molecule has 0 saturated heterocycles. The highest BCUT2D eigenvalue weighted by Gasteiger charge is 2.16. The number of amides is 1. The minimum absolute atomic E-state index is 0.0381. The Morgan fingerprint density at radius 1 is 1.32 bits per heavy atom. The molecular formula is C20H18ClFN2O. The molecule has 2 aromatic carbocycles. The topological polar surface area (TPSA) is 66.9 Å². The van der Waals surface area contributed by atoms with E-state index in [2.05, 4.69) is 6.07 Å². The van der Waals surface area contributed by atoms with Crippen LogP contribution in [0.5, 0.6) is 0 Å². The smallest absolute Gasteiger partial charge is 0.244 e. The molecule has 0 fully saturated rings. The summed E-state index contributed by atoms with van der Waals surface area (Å²) in [4.78, 5) is 11.7. The molecule has 0 heterocycles. The van der Waals surface area contributed by atoms with Crippen molar-refractivity contribution in [3.8, 4) is 17.2 Å². The lowest BCUT2D eigenvalue weighted by Gasteiger charge is -2.16. The largest absolute Gasteiger partial charge is 0.366 e. The summed E-state index contributed by atoms with van der Waals surface area (Å²) in [6, 6.07) is 10.1. The number of benzene rings is 2. The summed E-state index contributed by atoms with van der Waals surface area (Å²) in [6.45, 7) is 5.53. The van der Waals surface area contributed by atoms with Crippen molar-refractivity contribution in [1.82, 2.24) is 0 Å². The zero-order chi connectivity index (χ0) is 18.7. The summed E-state index contributed by atoms with van der Waals surface area (Å²) in [6.07, 6.45) is 0.488. The number of allylic oxidation sites excluding steroid dienone is 1. The van der Waals surface area contributed by atoms with E-state index >= 15 is 0 Å².